The van der Waals surface area contributed by atoms with Crippen LogP contribution in [0.3, 0.4) is 0 Å². The van der Waals surface area contributed by atoms with Crippen LogP contribution in [0.5, 0.6) is 0 Å². The quantitative estimate of drug-likeness (QED) is 0.495. The van der Waals surface area contributed by atoms with E-state index in [0.717, 1.165) is 0 Å². The lowest BCUT2D eigenvalue weighted by atomic mass is 10.5. The summed E-state index contributed by atoms with van der Waals surface area (Å²) in [6.45, 7) is 5.85. The highest BCUT2D eigenvalue weighted by Gasteiger charge is 2.12. The molecule has 0 atom stereocenters. The molecule has 0 amide bonds. The Morgan fingerprint density at radius 3 is 1.86 bits per heavy atom. The summed E-state index contributed by atoms with van der Waals surface area (Å²) in [4.78, 5) is 0. The summed E-state index contributed by atoms with van der Waals surface area (Å²) in [7, 11) is -2.16. The standard InChI is InChI=1S/C3H10BFOSi/c1-7(2,3)6-4-5/h4H,1-3H3. The molecule has 0 saturated heterocycles. The molecule has 0 rings (SSSR count). The first-order valence-electron chi connectivity index (χ1n) is 2.26. The van der Waals surface area contributed by atoms with E-state index in [1.165, 1.54) is 0 Å². The van der Waals surface area contributed by atoms with Gasteiger partial charge in [0.2, 0.25) is 0 Å². The van der Waals surface area contributed by atoms with Gasteiger partial charge in [0.25, 0.3) is 0 Å². The van der Waals surface area contributed by atoms with Crippen LogP contribution in [-0.4, -0.2) is 16.1 Å². The molecule has 0 bridgehead atoms. The topological polar surface area (TPSA) is 9.23 Å². The van der Waals surface area contributed by atoms with Crippen molar-refractivity contribution >= 4 is 16.1 Å². The summed E-state index contributed by atoms with van der Waals surface area (Å²) in [5, 5.41) is 0. The molecule has 0 unspecified atom stereocenters. The van der Waals surface area contributed by atoms with Crippen molar-refractivity contribution in [1.82, 2.24) is 0 Å². The van der Waals surface area contributed by atoms with Gasteiger partial charge in [-0.1, -0.05) is 0 Å². The summed E-state index contributed by atoms with van der Waals surface area (Å²) in [5.74, 6) is 0. The van der Waals surface area contributed by atoms with Crippen LogP contribution in [0, 0.1) is 0 Å². The van der Waals surface area contributed by atoms with E-state index in [2.05, 4.69) is 0 Å². The zero-order valence-electron chi connectivity index (χ0n) is 4.99. The SMILES string of the molecule is C[Si](C)(C)OBF. The van der Waals surface area contributed by atoms with Gasteiger partial charge in [-0.2, -0.15) is 0 Å². The lowest BCUT2D eigenvalue weighted by molar-refractivity contribution is 0.537. The van der Waals surface area contributed by atoms with E-state index in [4.69, 9.17) is 4.34 Å². The molecular weight excluding hydrogens is 110 g/mol. The van der Waals surface area contributed by atoms with Gasteiger partial charge in [-0.25, -0.2) is 0 Å². The van der Waals surface area contributed by atoms with Crippen molar-refractivity contribution in [3.05, 3.63) is 0 Å². The van der Waals surface area contributed by atoms with Crippen LogP contribution >= 0.6 is 0 Å². The van der Waals surface area contributed by atoms with Crippen molar-refractivity contribution in [2.75, 3.05) is 0 Å². The Kier molecular flexibility index (Phi) is 2.53. The molecular formula is C3H10BFOSi. The van der Waals surface area contributed by atoms with E-state index >= 15 is 0 Å². The predicted molar refractivity (Wildman–Crippen MR) is 32.7 cm³/mol. The highest BCUT2D eigenvalue weighted by molar-refractivity contribution is 6.73. The van der Waals surface area contributed by atoms with Crippen molar-refractivity contribution in [1.29, 1.82) is 0 Å². The molecule has 0 heterocycles. The molecule has 42 valence electrons. The summed E-state index contributed by atoms with van der Waals surface area (Å²) < 4.78 is 16.0. The number of hydrogen-bond donors (Lipinski definition) is 0. The van der Waals surface area contributed by atoms with Gasteiger partial charge >= 0.3 is 7.76 Å². The second kappa shape index (κ2) is 2.47. The molecule has 1 nitrogen and oxygen atoms in total. The molecule has 0 saturated carbocycles. The van der Waals surface area contributed by atoms with Gasteiger partial charge in [-0.15, -0.1) is 0 Å². The van der Waals surface area contributed by atoms with Gasteiger partial charge in [0.1, 0.15) is 0 Å². The fourth-order valence-electron chi connectivity index (χ4n) is 0.164. The van der Waals surface area contributed by atoms with E-state index in [1.54, 1.807) is 0 Å². The molecule has 0 aliphatic heterocycles. The van der Waals surface area contributed by atoms with Crippen LogP contribution in [-0.2, 0) is 4.34 Å². The normalized spacial score (nSPS) is 11.4. The molecule has 0 aromatic carbocycles. The highest BCUT2D eigenvalue weighted by atomic mass is 28.4. The third-order valence-corrected chi connectivity index (χ3v) is 1.46. The summed E-state index contributed by atoms with van der Waals surface area (Å²) >= 11 is 0. The largest absolute Gasteiger partial charge is 0.471 e. The van der Waals surface area contributed by atoms with Crippen LogP contribution < -0.4 is 0 Å². The van der Waals surface area contributed by atoms with Crippen molar-refractivity contribution in [3.8, 4) is 0 Å². The van der Waals surface area contributed by atoms with E-state index < -0.39 is 16.1 Å². The number of rotatable bonds is 2. The smallest absolute Gasteiger partial charge is 0.453 e. The van der Waals surface area contributed by atoms with Crippen LogP contribution in [0.2, 0.25) is 19.6 Å². The van der Waals surface area contributed by atoms with Gasteiger partial charge < -0.3 is 4.34 Å². The van der Waals surface area contributed by atoms with Crippen LogP contribution in [0.1, 0.15) is 0 Å². The van der Waals surface area contributed by atoms with Gasteiger partial charge in [0, 0.05) is 0 Å². The van der Waals surface area contributed by atoms with Crippen molar-refractivity contribution in [2.24, 2.45) is 0 Å². The molecule has 0 N–H and O–H groups in total. The van der Waals surface area contributed by atoms with Crippen LogP contribution in [0.25, 0.3) is 0 Å². The summed E-state index contributed by atoms with van der Waals surface area (Å²) in [5.41, 5.74) is 0. The molecule has 4 heteroatoms. The molecule has 0 spiro atoms. The third-order valence-electron chi connectivity index (χ3n) is 0.488. The zero-order valence-corrected chi connectivity index (χ0v) is 5.99. The van der Waals surface area contributed by atoms with Gasteiger partial charge in [-0.05, 0) is 19.6 Å². The van der Waals surface area contributed by atoms with Gasteiger partial charge in [0.05, 0.1) is 0 Å². The number of hydrogen-bond acceptors (Lipinski definition) is 1. The molecule has 0 aromatic heterocycles. The Hall–Kier alpha value is 0.172. The minimum atomic E-state index is -1.53. The summed E-state index contributed by atoms with van der Waals surface area (Å²) in [6.07, 6.45) is 0. The summed E-state index contributed by atoms with van der Waals surface area (Å²) in [6, 6.07) is 0. The van der Waals surface area contributed by atoms with E-state index in [1.807, 2.05) is 19.6 Å². The maximum absolute atomic E-state index is 11.3. The fraction of sp³-hybridized carbons (Fsp3) is 1.00. The Balaban J connectivity index is 3.15. The zero-order chi connectivity index (χ0) is 5.91. The second-order valence-corrected chi connectivity index (χ2v) is 6.88. The minimum absolute atomic E-state index is 0.629. The molecule has 7 heavy (non-hydrogen) atoms. The van der Waals surface area contributed by atoms with Crippen molar-refractivity contribution in [2.45, 2.75) is 19.6 Å². The van der Waals surface area contributed by atoms with Crippen molar-refractivity contribution < 1.29 is 8.66 Å². The first kappa shape index (κ1) is 7.17. The van der Waals surface area contributed by atoms with Crippen LogP contribution in [0.15, 0.2) is 0 Å². The Bertz CT molecular complexity index is 53.4. The maximum Gasteiger partial charge on any atom is 0.471 e. The Morgan fingerprint density at radius 1 is 1.43 bits per heavy atom. The predicted octanol–water partition coefficient (Wildman–Crippen LogP) is 1.07. The first-order valence-corrected chi connectivity index (χ1v) is 5.67. The van der Waals surface area contributed by atoms with Gasteiger partial charge in [0.15, 0.2) is 8.32 Å². The average Bonchev–Trinajstić information content (AvgIpc) is 1.30. The molecule has 0 aromatic rings. The Morgan fingerprint density at radius 2 is 1.86 bits per heavy atom. The molecule has 0 radical (unpaired) electrons. The monoisotopic (exact) mass is 120 g/mol. The second-order valence-electron chi connectivity index (χ2n) is 2.37. The van der Waals surface area contributed by atoms with Crippen molar-refractivity contribution in [3.63, 3.8) is 0 Å². The van der Waals surface area contributed by atoms with E-state index in [0.29, 0.717) is 0 Å². The van der Waals surface area contributed by atoms with Gasteiger partial charge in [-0.3, -0.25) is 4.32 Å². The number of halogens is 1. The third kappa shape index (κ3) is 6.17. The fourth-order valence-corrected chi connectivity index (χ4v) is 0.491. The molecule has 0 aliphatic carbocycles. The highest BCUT2D eigenvalue weighted by Crippen LogP contribution is 1.99. The lowest BCUT2D eigenvalue weighted by Crippen LogP contribution is -2.25. The first-order chi connectivity index (χ1) is 3.06. The van der Waals surface area contributed by atoms with Crippen LogP contribution in [0.4, 0.5) is 4.32 Å². The average molecular weight is 120 g/mol. The van der Waals surface area contributed by atoms with E-state index in [9.17, 15) is 4.32 Å². The van der Waals surface area contributed by atoms with E-state index in [-0.39, 0.29) is 0 Å². The Labute approximate surface area is 45.3 Å². The lowest BCUT2D eigenvalue weighted by Gasteiger charge is -2.12. The molecule has 0 fully saturated rings. The molecule has 0 aliphatic rings. The minimum Gasteiger partial charge on any atom is -0.453 e. The maximum atomic E-state index is 11.3.